The fourth-order valence-corrected chi connectivity index (χ4v) is 2.63. The molecule has 0 heterocycles. The first-order valence-electron chi connectivity index (χ1n) is 21.2. The molecule has 28 heteroatoms. The average Bonchev–Trinajstić information content (AvgIpc) is 3.28. The molecular weight excluding hydrogens is 892 g/mol. The molecule has 0 radical (unpaired) electrons. The van der Waals surface area contributed by atoms with E-state index in [-0.39, 0.29) is 111 Å². The minimum Gasteiger partial charge on any atom is -0.481 e. The van der Waals surface area contributed by atoms with E-state index in [4.69, 9.17) is 86.8 Å². The largest absolute Gasteiger partial charge is 0.481 e. The summed E-state index contributed by atoms with van der Waals surface area (Å²) in [4.78, 5) is 48.6. The normalized spacial score (nSPS) is 9.17. The van der Waals surface area contributed by atoms with Gasteiger partial charge in [-0.05, 0) is 12.8 Å². The van der Waals surface area contributed by atoms with Crippen LogP contribution in [-0.4, -0.2) is 274 Å². The van der Waals surface area contributed by atoms with Crippen LogP contribution in [0, 0.1) is 0 Å². The Balaban J connectivity index is -0.0000000792. The molecule has 0 bridgehead atoms. The van der Waals surface area contributed by atoms with Crippen molar-refractivity contribution in [1.82, 2.24) is 31.9 Å². The number of carbonyl (C=O) groups is 5. The predicted octanol–water partition coefficient (Wildman–Crippen LogP) is -7.11. The van der Waals surface area contributed by atoms with Crippen LogP contribution < -0.4 is 31.9 Å². The summed E-state index contributed by atoms with van der Waals surface area (Å²) in [6.45, 7) is 10.5. The van der Waals surface area contributed by atoms with Gasteiger partial charge in [-0.1, -0.05) is 13.3 Å². The molecular formula is C38H90N6O22. The van der Waals surface area contributed by atoms with Crippen LogP contribution in [0.4, 0.5) is 0 Å². The molecule has 0 aromatic rings. The van der Waals surface area contributed by atoms with Crippen LogP contribution in [0.5, 0.6) is 0 Å². The van der Waals surface area contributed by atoms with Crippen LogP contribution in [0.1, 0.15) is 58.3 Å². The van der Waals surface area contributed by atoms with Crippen molar-refractivity contribution in [2.24, 2.45) is 0 Å². The van der Waals surface area contributed by atoms with E-state index in [9.17, 15) is 24.0 Å². The molecule has 0 saturated carbocycles. The standard InChI is InChI=1S/C5H8O4.C5H10O2.6C4H11NO2.C4H6O4/c6-4(7)2-1-3-5(8)9;1-2-3-4-5(6)7;6*6-3-1-5-2-4-7;5-3(6)1-2-4(7)8/h1-3H2,(H,6,7)(H,8,9);2-4H2,1H3,(H,6,7);6*5-7H,1-4H2;1-2H2,(H,5,6)(H,7,8). The van der Waals surface area contributed by atoms with Crippen molar-refractivity contribution in [2.45, 2.75) is 58.3 Å². The molecule has 0 saturated heterocycles. The summed E-state index contributed by atoms with van der Waals surface area (Å²) in [6, 6.07) is 0. The van der Waals surface area contributed by atoms with Crippen LogP contribution in [-0.2, 0) is 24.0 Å². The lowest BCUT2D eigenvalue weighted by Crippen LogP contribution is -2.21. The van der Waals surface area contributed by atoms with Gasteiger partial charge in [-0.2, -0.15) is 0 Å². The number of carboxylic acid groups (broad SMARTS) is 5. The van der Waals surface area contributed by atoms with Crippen LogP contribution in [0.2, 0.25) is 0 Å². The number of hydrogen-bond acceptors (Lipinski definition) is 23. The summed E-state index contributed by atoms with van der Waals surface area (Å²) in [5.74, 6) is -4.74. The molecule has 0 atom stereocenters. The van der Waals surface area contributed by atoms with E-state index in [2.05, 4.69) is 31.9 Å². The molecule has 23 N–H and O–H groups in total. The molecule has 0 aliphatic rings. The van der Waals surface area contributed by atoms with Gasteiger partial charge in [-0.3, -0.25) is 24.0 Å². The topological polar surface area (TPSA) is 501 Å². The first-order valence-corrected chi connectivity index (χ1v) is 21.2. The third-order valence-electron chi connectivity index (χ3n) is 5.54. The van der Waals surface area contributed by atoms with Gasteiger partial charge in [-0.15, -0.1) is 0 Å². The zero-order valence-corrected chi connectivity index (χ0v) is 38.8. The SMILES string of the molecule is CCCCC(=O)O.O=C(O)CCC(=O)O.O=C(O)CCCC(=O)O.OCCNCCO.OCCNCCO.OCCNCCO.OCCNCCO.OCCNCCO.OCCNCCO. The van der Waals surface area contributed by atoms with E-state index in [0.29, 0.717) is 85.0 Å². The quantitative estimate of drug-likeness (QED) is 0.0266. The second-order valence-electron chi connectivity index (χ2n) is 11.6. The highest BCUT2D eigenvalue weighted by Gasteiger charge is 2.01. The number of hydrogen-bond donors (Lipinski definition) is 23. The number of aliphatic hydroxyl groups excluding tert-OH is 12. The zero-order valence-electron chi connectivity index (χ0n) is 38.8. The Morgan fingerprint density at radius 1 is 0.258 bits per heavy atom. The number of aliphatic hydroxyl groups is 12. The third kappa shape index (κ3) is 170. The highest BCUT2D eigenvalue weighted by Crippen LogP contribution is 1.93. The van der Waals surface area contributed by atoms with Gasteiger partial charge in [0.2, 0.25) is 0 Å². The summed E-state index contributed by atoms with van der Waals surface area (Å²) in [6.07, 6.45) is 1.58. The maximum absolute atomic E-state index is 9.79. The molecule has 28 nitrogen and oxygen atoms in total. The van der Waals surface area contributed by atoms with E-state index < -0.39 is 29.8 Å². The molecule has 0 aliphatic carbocycles. The number of nitrogens with one attached hydrogen (secondary N) is 6. The number of aliphatic carboxylic acids is 5. The molecule has 404 valence electrons. The molecule has 66 heavy (non-hydrogen) atoms. The van der Waals surface area contributed by atoms with E-state index in [0.717, 1.165) is 12.8 Å². The maximum Gasteiger partial charge on any atom is 0.303 e. The molecule has 0 aromatic heterocycles. The fraction of sp³-hybridized carbons (Fsp3) is 0.868. The second kappa shape index (κ2) is 92.0. The van der Waals surface area contributed by atoms with E-state index in [1.54, 1.807) is 0 Å². The lowest BCUT2D eigenvalue weighted by atomic mass is 10.2. The van der Waals surface area contributed by atoms with E-state index in [1.807, 2.05) is 6.92 Å². The highest BCUT2D eigenvalue weighted by atomic mass is 16.4. The Labute approximate surface area is 388 Å². The fourth-order valence-electron chi connectivity index (χ4n) is 2.63. The van der Waals surface area contributed by atoms with Crippen molar-refractivity contribution in [3.8, 4) is 0 Å². The molecule has 0 aromatic carbocycles. The molecule has 0 fully saturated rings. The van der Waals surface area contributed by atoms with Crippen molar-refractivity contribution >= 4 is 29.8 Å². The number of unbranched alkanes of at least 4 members (excludes halogenated alkanes) is 1. The van der Waals surface area contributed by atoms with Crippen molar-refractivity contribution in [3.05, 3.63) is 0 Å². The Kier molecular flexibility index (Phi) is 115. The minimum atomic E-state index is -1.08. The summed E-state index contributed by atoms with van der Waals surface area (Å²) in [7, 11) is 0. The van der Waals surface area contributed by atoms with Crippen LogP contribution in [0.3, 0.4) is 0 Å². The Morgan fingerprint density at radius 3 is 0.485 bits per heavy atom. The summed E-state index contributed by atoms with van der Waals surface area (Å²) in [5, 5.41) is 154. The molecule has 0 rings (SSSR count). The van der Waals surface area contributed by atoms with E-state index in [1.165, 1.54) is 0 Å². The Morgan fingerprint density at radius 2 is 0.394 bits per heavy atom. The third-order valence-corrected chi connectivity index (χ3v) is 5.54. The van der Waals surface area contributed by atoms with Crippen LogP contribution >= 0.6 is 0 Å². The van der Waals surface area contributed by atoms with Crippen LogP contribution in [0.25, 0.3) is 0 Å². The van der Waals surface area contributed by atoms with Gasteiger partial charge in [0.05, 0.1) is 92.1 Å². The van der Waals surface area contributed by atoms with Crippen molar-refractivity contribution < 1.29 is 111 Å². The van der Waals surface area contributed by atoms with Crippen molar-refractivity contribution in [1.29, 1.82) is 0 Å². The predicted molar refractivity (Wildman–Crippen MR) is 243 cm³/mol. The number of carboxylic acids is 5. The van der Waals surface area contributed by atoms with Gasteiger partial charge in [0, 0.05) is 97.8 Å². The van der Waals surface area contributed by atoms with Gasteiger partial charge >= 0.3 is 29.8 Å². The average molecular weight is 983 g/mol. The smallest absolute Gasteiger partial charge is 0.303 e. The van der Waals surface area contributed by atoms with Crippen molar-refractivity contribution in [3.63, 3.8) is 0 Å². The summed E-state index contributed by atoms with van der Waals surface area (Å²) < 4.78 is 0. The molecule has 0 aliphatic heterocycles. The van der Waals surface area contributed by atoms with Crippen LogP contribution in [0.15, 0.2) is 0 Å². The van der Waals surface area contributed by atoms with Gasteiger partial charge in [0.1, 0.15) is 0 Å². The van der Waals surface area contributed by atoms with Gasteiger partial charge in [0.15, 0.2) is 0 Å². The Bertz CT molecular complexity index is 764. The van der Waals surface area contributed by atoms with Gasteiger partial charge in [-0.25, -0.2) is 0 Å². The number of rotatable bonds is 34. The lowest BCUT2D eigenvalue weighted by molar-refractivity contribution is -0.143. The Hall–Kier alpha value is -3.37. The zero-order chi connectivity index (χ0) is 52.8. The molecule has 0 amide bonds. The first-order chi connectivity index (χ1) is 31.5. The maximum atomic E-state index is 9.79. The highest BCUT2D eigenvalue weighted by molar-refractivity contribution is 5.75. The lowest BCUT2D eigenvalue weighted by Gasteiger charge is -1.94. The van der Waals surface area contributed by atoms with Gasteiger partial charge < -0.3 is 119 Å². The van der Waals surface area contributed by atoms with Crippen molar-refractivity contribution in [2.75, 3.05) is 158 Å². The van der Waals surface area contributed by atoms with Gasteiger partial charge in [0.25, 0.3) is 0 Å². The summed E-state index contributed by atoms with van der Waals surface area (Å²) in [5.41, 5.74) is 0. The summed E-state index contributed by atoms with van der Waals surface area (Å²) >= 11 is 0. The minimum absolute atomic E-state index is 0.0632. The van der Waals surface area contributed by atoms with E-state index >= 15 is 0 Å². The molecule has 0 spiro atoms. The first kappa shape index (κ1) is 82.7. The second-order valence-corrected chi connectivity index (χ2v) is 11.6. The monoisotopic (exact) mass is 983 g/mol. The molecule has 0 unspecified atom stereocenters.